The van der Waals surface area contributed by atoms with Gasteiger partial charge in [0.1, 0.15) is 11.9 Å². The molecule has 4 nitrogen and oxygen atoms in total. The van der Waals surface area contributed by atoms with Crippen molar-refractivity contribution in [3.8, 4) is 0 Å². The van der Waals surface area contributed by atoms with Crippen molar-refractivity contribution < 1.29 is 14.0 Å². The molecule has 1 heterocycles. The summed E-state index contributed by atoms with van der Waals surface area (Å²) in [4.78, 5) is 24.5. The van der Waals surface area contributed by atoms with Crippen LogP contribution in [0.25, 0.3) is 0 Å². The molecule has 1 saturated heterocycles. The molecule has 6 heteroatoms. The van der Waals surface area contributed by atoms with Crippen molar-refractivity contribution in [3.05, 3.63) is 34.6 Å². The highest BCUT2D eigenvalue weighted by molar-refractivity contribution is 6.30. The van der Waals surface area contributed by atoms with Crippen LogP contribution in [0, 0.1) is 5.82 Å². The van der Waals surface area contributed by atoms with Crippen molar-refractivity contribution in [2.75, 3.05) is 6.54 Å². The Labute approximate surface area is 109 Å². The normalized spacial score (nSPS) is 19.9. The zero-order valence-electron chi connectivity index (χ0n) is 9.74. The molecule has 0 aromatic heterocycles. The molecular formula is C12H12ClFN2O2. The quantitative estimate of drug-likeness (QED) is 0.881. The second kappa shape index (κ2) is 4.94. The van der Waals surface area contributed by atoms with Crippen LogP contribution in [0.2, 0.25) is 5.02 Å². The van der Waals surface area contributed by atoms with E-state index in [4.69, 9.17) is 11.6 Å². The molecule has 0 saturated carbocycles. The number of hydrogen-bond donors (Lipinski definition) is 1. The fourth-order valence-corrected chi connectivity index (χ4v) is 2.08. The number of nitrogens with zero attached hydrogens (tertiary/aromatic N) is 1. The molecule has 0 aliphatic carbocycles. The van der Waals surface area contributed by atoms with Crippen LogP contribution in [0.3, 0.4) is 0 Å². The molecular weight excluding hydrogens is 259 g/mol. The van der Waals surface area contributed by atoms with E-state index in [1.165, 1.54) is 11.0 Å². The maximum atomic E-state index is 13.7. The second-order valence-electron chi connectivity index (χ2n) is 4.20. The Morgan fingerprint density at radius 3 is 2.94 bits per heavy atom. The Bertz CT molecular complexity index is 507. The van der Waals surface area contributed by atoms with Crippen LogP contribution in [-0.4, -0.2) is 29.3 Å². The molecule has 1 aliphatic heterocycles. The number of benzene rings is 1. The van der Waals surface area contributed by atoms with Gasteiger partial charge in [0, 0.05) is 12.1 Å². The third kappa shape index (κ3) is 2.46. The maximum absolute atomic E-state index is 13.7. The van der Waals surface area contributed by atoms with E-state index >= 15 is 0 Å². The van der Waals surface area contributed by atoms with Crippen LogP contribution in [0.4, 0.5) is 4.39 Å². The minimum atomic E-state index is -0.575. The van der Waals surface area contributed by atoms with Crippen LogP contribution in [-0.2, 0) is 16.1 Å². The number of rotatable bonds is 2. The number of amides is 2. The lowest BCUT2D eigenvalue weighted by Gasteiger charge is -2.30. The first-order valence-corrected chi connectivity index (χ1v) is 5.88. The summed E-state index contributed by atoms with van der Waals surface area (Å²) < 4.78 is 13.7. The minimum absolute atomic E-state index is 0.00876. The summed E-state index contributed by atoms with van der Waals surface area (Å²) in [5, 5.41) is 2.53. The Kier molecular flexibility index (Phi) is 3.52. The molecule has 1 unspecified atom stereocenters. The Morgan fingerprint density at radius 2 is 2.22 bits per heavy atom. The van der Waals surface area contributed by atoms with Crippen molar-refractivity contribution in [1.29, 1.82) is 0 Å². The van der Waals surface area contributed by atoms with E-state index in [-0.39, 0.29) is 29.9 Å². The van der Waals surface area contributed by atoms with E-state index in [0.29, 0.717) is 5.56 Å². The highest BCUT2D eigenvalue weighted by atomic mass is 35.5. The molecule has 2 amide bonds. The summed E-state index contributed by atoms with van der Waals surface area (Å²) in [6, 6.07) is 4.02. The summed E-state index contributed by atoms with van der Waals surface area (Å²) in [6.07, 6.45) is 0. The van der Waals surface area contributed by atoms with E-state index < -0.39 is 11.9 Å². The number of hydrogen-bond acceptors (Lipinski definition) is 2. The van der Waals surface area contributed by atoms with E-state index in [9.17, 15) is 14.0 Å². The maximum Gasteiger partial charge on any atom is 0.245 e. The molecule has 0 spiro atoms. The van der Waals surface area contributed by atoms with Crippen molar-refractivity contribution in [2.45, 2.75) is 19.5 Å². The van der Waals surface area contributed by atoms with Crippen molar-refractivity contribution in [3.63, 3.8) is 0 Å². The molecule has 18 heavy (non-hydrogen) atoms. The first-order chi connectivity index (χ1) is 8.49. The predicted octanol–water partition coefficient (Wildman–Crippen LogP) is 1.33. The molecule has 1 aliphatic rings. The number of carbonyl (C=O) groups is 2. The van der Waals surface area contributed by atoms with E-state index in [0.717, 1.165) is 0 Å². The molecule has 1 atom stereocenters. The standard InChI is InChI=1S/C12H12ClFN2O2/c1-7-12(18)16(6-10(17)15-7)5-8-3-2-4-9(13)11(8)14/h2-4,7H,5-6H2,1H3,(H,15,17). The molecule has 2 rings (SSSR count). The lowest BCUT2D eigenvalue weighted by Crippen LogP contribution is -2.56. The molecule has 1 N–H and O–H groups in total. The fraction of sp³-hybridized carbons (Fsp3) is 0.333. The SMILES string of the molecule is CC1NC(=O)CN(Cc2cccc(Cl)c2F)C1=O. The van der Waals surface area contributed by atoms with Crippen molar-refractivity contribution in [1.82, 2.24) is 10.2 Å². The van der Waals surface area contributed by atoms with Crippen LogP contribution >= 0.6 is 11.6 Å². The molecule has 0 bridgehead atoms. The first-order valence-electron chi connectivity index (χ1n) is 5.50. The average Bonchev–Trinajstić information content (AvgIpc) is 2.31. The molecule has 1 fully saturated rings. The summed E-state index contributed by atoms with van der Waals surface area (Å²) in [6.45, 7) is 1.58. The third-order valence-corrected chi connectivity index (χ3v) is 3.08. The highest BCUT2D eigenvalue weighted by Crippen LogP contribution is 2.20. The summed E-state index contributed by atoms with van der Waals surface area (Å²) >= 11 is 5.67. The second-order valence-corrected chi connectivity index (χ2v) is 4.60. The molecule has 96 valence electrons. The van der Waals surface area contributed by atoms with Gasteiger partial charge in [0.15, 0.2) is 0 Å². The van der Waals surface area contributed by atoms with Gasteiger partial charge in [-0.1, -0.05) is 23.7 Å². The van der Waals surface area contributed by atoms with Gasteiger partial charge in [-0.3, -0.25) is 9.59 Å². The fourth-order valence-electron chi connectivity index (χ4n) is 1.88. The van der Waals surface area contributed by atoms with Gasteiger partial charge < -0.3 is 10.2 Å². The zero-order chi connectivity index (χ0) is 13.3. The van der Waals surface area contributed by atoms with Crippen molar-refractivity contribution >= 4 is 23.4 Å². The number of nitrogens with one attached hydrogen (secondary N) is 1. The zero-order valence-corrected chi connectivity index (χ0v) is 10.5. The van der Waals surface area contributed by atoms with Crippen LogP contribution < -0.4 is 5.32 Å². The summed E-state index contributed by atoms with van der Waals surface area (Å²) in [5.41, 5.74) is 0.303. The van der Waals surface area contributed by atoms with Crippen LogP contribution in [0.5, 0.6) is 0 Å². The van der Waals surface area contributed by atoms with Gasteiger partial charge in [0.2, 0.25) is 11.8 Å². The molecule has 0 radical (unpaired) electrons. The lowest BCUT2D eigenvalue weighted by atomic mass is 10.1. The Morgan fingerprint density at radius 1 is 1.50 bits per heavy atom. The molecule has 1 aromatic rings. The number of halogens is 2. The van der Waals surface area contributed by atoms with Crippen LogP contribution in [0.15, 0.2) is 18.2 Å². The smallest absolute Gasteiger partial charge is 0.245 e. The van der Waals surface area contributed by atoms with Crippen LogP contribution in [0.1, 0.15) is 12.5 Å². The van der Waals surface area contributed by atoms with Gasteiger partial charge >= 0.3 is 0 Å². The van der Waals surface area contributed by atoms with E-state index in [2.05, 4.69) is 5.32 Å². The van der Waals surface area contributed by atoms with Gasteiger partial charge in [0.25, 0.3) is 0 Å². The Balaban J connectivity index is 2.20. The lowest BCUT2D eigenvalue weighted by molar-refractivity contribution is -0.144. The topological polar surface area (TPSA) is 49.4 Å². The van der Waals surface area contributed by atoms with Gasteiger partial charge in [-0.05, 0) is 13.0 Å². The predicted molar refractivity (Wildman–Crippen MR) is 64.4 cm³/mol. The van der Waals surface area contributed by atoms with Gasteiger partial charge in [-0.15, -0.1) is 0 Å². The summed E-state index contributed by atoms with van der Waals surface area (Å²) in [7, 11) is 0. The van der Waals surface area contributed by atoms with Gasteiger partial charge in [-0.25, -0.2) is 4.39 Å². The summed E-state index contributed by atoms with van der Waals surface area (Å²) in [5.74, 6) is -1.02. The third-order valence-electron chi connectivity index (χ3n) is 2.79. The minimum Gasteiger partial charge on any atom is -0.343 e. The average molecular weight is 271 g/mol. The number of piperazine rings is 1. The first kappa shape index (κ1) is 12.8. The van der Waals surface area contributed by atoms with E-state index in [1.807, 2.05) is 0 Å². The van der Waals surface area contributed by atoms with E-state index in [1.54, 1.807) is 19.1 Å². The largest absolute Gasteiger partial charge is 0.343 e. The van der Waals surface area contributed by atoms with Crippen molar-refractivity contribution in [2.24, 2.45) is 0 Å². The van der Waals surface area contributed by atoms with Gasteiger partial charge in [-0.2, -0.15) is 0 Å². The highest BCUT2D eigenvalue weighted by Gasteiger charge is 2.29. The van der Waals surface area contributed by atoms with Gasteiger partial charge in [0.05, 0.1) is 11.6 Å². The molecule has 1 aromatic carbocycles. The monoisotopic (exact) mass is 270 g/mol. The Hall–Kier alpha value is -1.62. The number of carbonyl (C=O) groups excluding carboxylic acids is 2.